The van der Waals surface area contributed by atoms with E-state index >= 15 is 0 Å². The molecule has 0 rings (SSSR count). The van der Waals surface area contributed by atoms with Crippen molar-refractivity contribution in [2.24, 2.45) is 0 Å². The number of aliphatic hydroxyl groups is 2. The van der Waals surface area contributed by atoms with Gasteiger partial charge >= 0.3 is 121 Å². The summed E-state index contributed by atoms with van der Waals surface area (Å²) in [4.78, 5) is 30.5. The van der Waals surface area contributed by atoms with Gasteiger partial charge in [-0.3, -0.25) is 9.59 Å². The van der Waals surface area contributed by atoms with Gasteiger partial charge in [0.05, 0.1) is 12.8 Å². The van der Waals surface area contributed by atoms with E-state index in [0.29, 0.717) is 6.61 Å². The van der Waals surface area contributed by atoms with Crippen molar-refractivity contribution in [3.8, 4) is 0 Å². The Morgan fingerprint density at radius 3 is 0.875 bits per heavy atom. The molecule has 0 fully saturated rings. The van der Waals surface area contributed by atoms with E-state index in [9.17, 15) is 14.4 Å². The van der Waals surface area contributed by atoms with E-state index in [1.807, 2.05) is 0 Å². The van der Waals surface area contributed by atoms with Crippen LogP contribution in [0.25, 0.3) is 0 Å². The van der Waals surface area contributed by atoms with Gasteiger partial charge in [-0.05, 0) is 6.42 Å². The third-order valence-electron chi connectivity index (χ3n) is 6.80. The van der Waals surface area contributed by atoms with Gasteiger partial charge in [-0.1, -0.05) is 142 Å². The van der Waals surface area contributed by atoms with Gasteiger partial charge < -0.3 is 25.5 Å². The Morgan fingerprint density at radius 2 is 0.700 bits per heavy atom. The summed E-state index contributed by atoms with van der Waals surface area (Å²) in [5, 5.41) is 42.5. The fourth-order valence-electron chi connectivity index (χ4n) is 4.43. The molecular formula is C30H60K2O8. The van der Waals surface area contributed by atoms with E-state index in [1.165, 1.54) is 135 Å². The van der Waals surface area contributed by atoms with Crippen LogP contribution in [0.4, 0.5) is 0 Å². The quantitative estimate of drug-likeness (QED) is 0.0547. The minimum absolute atomic E-state index is 0. The number of hydrogen-bond acceptors (Lipinski definition) is 5. The predicted octanol–water partition coefficient (Wildman–Crippen LogP) is 6.04. The third kappa shape index (κ3) is 37.6. The van der Waals surface area contributed by atoms with E-state index in [2.05, 4.69) is 6.92 Å². The topological polar surface area (TPSA) is 152 Å². The van der Waals surface area contributed by atoms with Crippen LogP contribution in [-0.2, 0) is 14.4 Å². The number of aliphatic carboxylic acids is 3. The molecule has 40 heavy (non-hydrogen) atoms. The summed E-state index contributed by atoms with van der Waals surface area (Å²) in [5.74, 6) is -5.02. The van der Waals surface area contributed by atoms with Gasteiger partial charge in [-0.2, -0.15) is 0 Å². The van der Waals surface area contributed by atoms with Crippen molar-refractivity contribution in [3.05, 3.63) is 0 Å². The van der Waals surface area contributed by atoms with E-state index in [-0.39, 0.29) is 103 Å². The summed E-state index contributed by atoms with van der Waals surface area (Å²) in [6, 6.07) is 0. The molecule has 0 aromatic rings. The van der Waals surface area contributed by atoms with E-state index < -0.39 is 36.4 Å². The Labute approximate surface area is 329 Å². The molecule has 0 heterocycles. The molecule has 8 nitrogen and oxygen atoms in total. The van der Waals surface area contributed by atoms with E-state index in [1.54, 1.807) is 0 Å². The number of hydrogen-bond donors (Lipinski definition) is 5. The van der Waals surface area contributed by atoms with Crippen molar-refractivity contribution in [3.63, 3.8) is 0 Å². The Morgan fingerprint density at radius 1 is 0.475 bits per heavy atom. The molecule has 0 aromatic heterocycles. The average molecular weight is 627 g/mol. The molecule has 0 saturated carbocycles. The molecule has 0 aromatic carbocycles. The van der Waals surface area contributed by atoms with Crippen molar-refractivity contribution < 1.29 is 39.9 Å². The zero-order chi connectivity index (χ0) is 28.9. The molecule has 0 amide bonds. The molecule has 0 aliphatic rings. The van der Waals surface area contributed by atoms with Crippen molar-refractivity contribution in [2.75, 3.05) is 6.61 Å². The second kappa shape index (κ2) is 36.8. The number of carbonyl (C=O) groups is 3. The third-order valence-corrected chi connectivity index (χ3v) is 6.80. The SMILES string of the molecule is CCCCCCCCCCCCCCCCCCCCCCCCO.O=C(O)CC(O)(CC(=O)O)C(=O)O.[KH].[KH]. The summed E-state index contributed by atoms with van der Waals surface area (Å²) >= 11 is 0. The van der Waals surface area contributed by atoms with Crippen LogP contribution in [0.5, 0.6) is 0 Å². The van der Waals surface area contributed by atoms with Crippen LogP contribution in [-0.4, -0.2) is 158 Å². The molecule has 0 radical (unpaired) electrons. The van der Waals surface area contributed by atoms with Gasteiger partial charge in [0, 0.05) is 6.61 Å². The van der Waals surface area contributed by atoms with Crippen LogP contribution in [0, 0.1) is 0 Å². The molecular weight excluding hydrogens is 567 g/mol. The summed E-state index contributed by atoms with van der Waals surface area (Å²) in [5.41, 5.74) is -2.74. The molecule has 10 heteroatoms. The van der Waals surface area contributed by atoms with Crippen LogP contribution in [0.3, 0.4) is 0 Å². The Bertz CT molecular complexity index is 538. The zero-order valence-electron chi connectivity index (χ0n) is 24.1. The van der Waals surface area contributed by atoms with Crippen LogP contribution < -0.4 is 0 Å². The van der Waals surface area contributed by atoms with Gasteiger partial charge in [0.15, 0.2) is 5.60 Å². The summed E-state index contributed by atoms with van der Waals surface area (Å²) in [7, 11) is 0. The zero-order valence-corrected chi connectivity index (χ0v) is 24.1. The van der Waals surface area contributed by atoms with E-state index in [0.717, 1.165) is 6.42 Å². The van der Waals surface area contributed by atoms with Gasteiger partial charge in [0.1, 0.15) is 0 Å². The number of carboxylic acids is 3. The summed E-state index contributed by atoms with van der Waals surface area (Å²) < 4.78 is 0. The second-order valence-electron chi connectivity index (χ2n) is 10.6. The molecule has 0 bridgehead atoms. The maximum absolute atomic E-state index is 10.3. The molecule has 0 atom stereocenters. The van der Waals surface area contributed by atoms with Gasteiger partial charge in [-0.25, -0.2) is 4.79 Å². The molecule has 0 aliphatic carbocycles. The fourth-order valence-corrected chi connectivity index (χ4v) is 4.43. The summed E-state index contributed by atoms with van der Waals surface area (Å²) in [6.07, 6.45) is 28.8. The first kappa shape index (κ1) is 48.5. The Kier molecular flexibility index (Phi) is 44.6. The van der Waals surface area contributed by atoms with Crippen LogP contribution in [0.2, 0.25) is 0 Å². The summed E-state index contributed by atoms with van der Waals surface area (Å²) in [6.45, 7) is 2.67. The number of unbranched alkanes of at least 4 members (excludes halogenated alkanes) is 21. The van der Waals surface area contributed by atoms with Gasteiger partial charge in [0.2, 0.25) is 0 Å². The Hall–Kier alpha value is 1.60. The number of aliphatic hydroxyl groups excluding tert-OH is 1. The normalized spacial score (nSPS) is 10.6. The molecule has 5 N–H and O–H groups in total. The monoisotopic (exact) mass is 626 g/mol. The van der Waals surface area contributed by atoms with Crippen LogP contribution in [0.1, 0.15) is 161 Å². The fraction of sp³-hybridized carbons (Fsp3) is 0.900. The average Bonchev–Trinajstić information content (AvgIpc) is 2.84. The van der Waals surface area contributed by atoms with Crippen molar-refractivity contribution in [2.45, 2.75) is 167 Å². The van der Waals surface area contributed by atoms with Gasteiger partial charge in [0.25, 0.3) is 0 Å². The molecule has 230 valence electrons. The standard InChI is InChI=1S/C24H50O.C6H8O7.2K.2H/c1-2-3-4-5-6-7-8-9-10-11-12-13-14-15-16-17-18-19-20-21-22-23-24-25;7-3(8)1-6(13,5(11)12)2-4(9)10;;;;/h25H,2-24H2,1H3;13H,1-2H2,(H,7,8)(H,9,10)(H,11,12);;;;. The number of carboxylic acid groups (broad SMARTS) is 3. The van der Waals surface area contributed by atoms with Crippen molar-refractivity contribution >= 4 is 121 Å². The first-order valence-electron chi connectivity index (χ1n) is 15.2. The first-order valence-corrected chi connectivity index (χ1v) is 15.2. The second-order valence-corrected chi connectivity index (χ2v) is 10.6. The van der Waals surface area contributed by atoms with E-state index in [4.69, 9.17) is 25.5 Å². The number of rotatable bonds is 27. The molecule has 0 saturated heterocycles. The maximum atomic E-state index is 10.3. The minimum atomic E-state index is -2.74. The van der Waals surface area contributed by atoms with Crippen LogP contribution >= 0.6 is 0 Å². The van der Waals surface area contributed by atoms with Crippen molar-refractivity contribution in [1.29, 1.82) is 0 Å². The molecule has 0 spiro atoms. The Balaban J connectivity index is -0.000000368. The first-order chi connectivity index (χ1) is 18.2. The van der Waals surface area contributed by atoms with Crippen molar-refractivity contribution in [1.82, 2.24) is 0 Å². The predicted molar refractivity (Wildman–Crippen MR) is 166 cm³/mol. The molecule has 0 aliphatic heterocycles. The van der Waals surface area contributed by atoms with Crippen LogP contribution in [0.15, 0.2) is 0 Å². The van der Waals surface area contributed by atoms with Gasteiger partial charge in [-0.15, -0.1) is 0 Å². The molecule has 0 unspecified atom stereocenters.